The third kappa shape index (κ3) is 7.07. The summed E-state index contributed by atoms with van der Waals surface area (Å²) < 4.78 is 24.5. The third-order valence-electron chi connectivity index (χ3n) is 6.36. The predicted octanol–water partition coefficient (Wildman–Crippen LogP) is 7.11. The molecule has 0 amide bonds. The van der Waals surface area contributed by atoms with E-state index in [9.17, 15) is 19.2 Å². The molecule has 4 rings (SSSR count). The van der Waals surface area contributed by atoms with E-state index in [1.807, 2.05) is 0 Å². The highest BCUT2D eigenvalue weighted by molar-refractivity contribution is 6.01. The first-order chi connectivity index (χ1) is 20.1. The summed E-state index contributed by atoms with van der Waals surface area (Å²) in [4.78, 5) is 51.6. The minimum Gasteiger partial charge on any atom is -0.462 e. The van der Waals surface area contributed by atoms with Gasteiger partial charge in [0.25, 0.3) is 0 Å². The summed E-state index contributed by atoms with van der Waals surface area (Å²) in [5.74, 6) is -0.970. The fourth-order valence-corrected chi connectivity index (χ4v) is 4.69. The Morgan fingerprint density at radius 2 is 1.00 bits per heavy atom. The van der Waals surface area contributed by atoms with E-state index in [1.165, 1.54) is 9.13 Å². The molecule has 0 spiro atoms. The first-order valence-electron chi connectivity index (χ1n) is 14.2. The summed E-state index contributed by atoms with van der Waals surface area (Å²) in [5, 5.41) is 1.27. The maximum absolute atomic E-state index is 13.2. The second-order valence-electron chi connectivity index (χ2n) is 12.1. The van der Waals surface area contributed by atoms with Crippen LogP contribution in [-0.2, 0) is 25.4 Å². The summed E-state index contributed by atoms with van der Waals surface area (Å²) in [5.41, 5.74) is 1.66. The number of hydrogen-bond donors (Lipinski definition) is 0. The van der Waals surface area contributed by atoms with Crippen LogP contribution in [0.2, 0.25) is 0 Å². The van der Waals surface area contributed by atoms with Gasteiger partial charge in [-0.05, 0) is 103 Å². The number of nitrogens with zero attached hydrogens (tertiary/aromatic N) is 2. The van der Waals surface area contributed by atoms with Crippen molar-refractivity contribution in [3.8, 4) is 0 Å². The fourth-order valence-electron chi connectivity index (χ4n) is 4.69. The van der Waals surface area contributed by atoms with E-state index in [0.717, 1.165) is 0 Å². The van der Waals surface area contributed by atoms with Crippen LogP contribution in [0.4, 0.5) is 9.59 Å². The van der Waals surface area contributed by atoms with E-state index in [1.54, 1.807) is 104 Å². The highest BCUT2D eigenvalue weighted by Gasteiger charge is 2.25. The van der Waals surface area contributed by atoms with Gasteiger partial charge in [-0.15, -0.1) is 0 Å². The number of hydrogen-bond acceptors (Lipinski definition) is 8. The van der Waals surface area contributed by atoms with E-state index < -0.39 is 35.3 Å². The zero-order valence-electron chi connectivity index (χ0n) is 25.9. The van der Waals surface area contributed by atoms with Gasteiger partial charge in [-0.25, -0.2) is 19.2 Å². The molecule has 0 saturated carbocycles. The topological polar surface area (TPSA) is 115 Å². The molecule has 0 aliphatic heterocycles. The lowest BCUT2D eigenvalue weighted by Gasteiger charge is -2.19. The average molecular weight is 591 g/mol. The molecule has 0 saturated heterocycles. The molecule has 0 fully saturated rings. The van der Waals surface area contributed by atoms with E-state index in [4.69, 9.17) is 18.9 Å². The lowest BCUT2D eigenvalue weighted by Crippen LogP contribution is -2.26. The second kappa shape index (κ2) is 11.9. The lowest BCUT2D eigenvalue weighted by molar-refractivity contribution is 0.0517. The largest absolute Gasteiger partial charge is 0.462 e. The molecule has 0 radical (unpaired) electrons. The second-order valence-corrected chi connectivity index (χ2v) is 12.1. The number of ether oxygens (including phenoxy) is 4. The molecule has 43 heavy (non-hydrogen) atoms. The van der Waals surface area contributed by atoms with Gasteiger partial charge in [0.1, 0.15) is 11.2 Å². The Morgan fingerprint density at radius 3 is 1.33 bits per heavy atom. The maximum atomic E-state index is 13.2. The Kier molecular flexibility index (Phi) is 8.71. The van der Waals surface area contributed by atoms with E-state index in [0.29, 0.717) is 44.1 Å². The average Bonchev–Trinajstić information content (AvgIpc) is 3.45. The van der Waals surface area contributed by atoms with Crippen LogP contribution < -0.4 is 0 Å². The van der Waals surface area contributed by atoms with Crippen LogP contribution in [0.1, 0.15) is 87.2 Å². The summed E-state index contributed by atoms with van der Waals surface area (Å²) >= 11 is 0. The van der Waals surface area contributed by atoms with E-state index >= 15 is 0 Å². The molecule has 0 N–H and O–H groups in total. The molecule has 0 aliphatic rings. The van der Waals surface area contributed by atoms with Crippen molar-refractivity contribution >= 4 is 45.9 Å². The Hall–Kier alpha value is -4.60. The highest BCUT2D eigenvalue weighted by Crippen LogP contribution is 2.31. The van der Waals surface area contributed by atoms with Gasteiger partial charge >= 0.3 is 24.1 Å². The minimum absolute atomic E-state index is 0.218. The number of fused-ring (bicyclic) bond motifs is 2. The summed E-state index contributed by atoms with van der Waals surface area (Å²) in [6, 6.07) is 9.92. The third-order valence-corrected chi connectivity index (χ3v) is 6.36. The Bertz CT molecular complexity index is 1590. The zero-order valence-corrected chi connectivity index (χ0v) is 25.9. The van der Waals surface area contributed by atoms with Crippen LogP contribution in [0, 0.1) is 0 Å². The van der Waals surface area contributed by atoms with Gasteiger partial charge in [0.05, 0.1) is 35.4 Å². The first-order valence-corrected chi connectivity index (χ1v) is 14.2. The van der Waals surface area contributed by atoms with Gasteiger partial charge in [-0.1, -0.05) is 0 Å². The van der Waals surface area contributed by atoms with Crippen LogP contribution in [0.25, 0.3) is 21.8 Å². The predicted molar refractivity (Wildman–Crippen MR) is 162 cm³/mol. The maximum Gasteiger partial charge on any atom is 0.419 e. The Labute approximate surface area is 250 Å². The normalized spacial score (nSPS) is 11.9. The van der Waals surface area contributed by atoms with Gasteiger partial charge in [-0.2, -0.15) is 0 Å². The number of carbonyl (C=O) groups is 4. The van der Waals surface area contributed by atoms with Crippen LogP contribution in [-0.4, -0.2) is 57.7 Å². The van der Waals surface area contributed by atoms with Crippen molar-refractivity contribution in [3.05, 3.63) is 71.0 Å². The quantitative estimate of drug-likeness (QED) is 0.172. The molecule has 228 valence electrons. The van der Waals surface area contributed by atoms with Crippen LogP contribution in [0.3, 0.4) is 0 Å². The molecule has 0 bridgehead atoms. The van der Waals surface area contributed by atoms with Crippen molar-refractivity contribution in [3.63, 3.8) is 0 Å². The SMILES string of the molecule is CCOC(=O)c1ccc2c(c1)c(Cc1cn(C(=O)OC(C)(C)C)c3ccc(C(=O)OCC)cc13)cn2C(=O)OC(C)(C)C. The smallest absolute Gasteiger partial charge is 0.419 e. The number of aromatic nitrogens is 2. The van der Waals surface area contributed by atoms with Crippen molar-refractivity contribution in [2.75, 3.05) is 13.2 Å². The molecule has 2 aromatic heterocycles. The molecule has 0 unspecified atom stereocenters. The van der Waals surface area contributed by atoms with Crippen molar-refractivity contribution in [1.82, 2.24) is 9.13 Å². The van der Waals surface area contributed by atoms with E-state index in [-0.39, 0.29) is 19.6 Å². The molecule has 0 atom stereocenters. The van der Waals surface area contributed by atoms with Crippen molar-refractivity contribution < 1.29 is 38.1 Å². The molecule has 10 heteroatoms. The fraction of sp³-hybridized carbons (Fsp3) is 0.394. The lowest BCUT2D eigenvalue weighted by atomic mass is 10.0. The van der Waals surface area contributed by atoms with Gasteiger partial charge < -0.3 is 18.9 Å². The molecule has 2 heterocycles. The van der Waals surface area contributed by atoms with Crippen molar-refractivity contribution in [1.29, 1.82) is 0 Å². The van der Waals surface area contributed by atoms with Crippen LogP contribution >= 0.6 is 0 Å². The van der Waals surface area contributed by atoms with Gasteiger partial charge in [-0.3, -0.25) is 9.13 Å². The van der Waals surface area contributed by atoms with Gasteiger partial charge in [0.2, 0.25) is 0 Å². The van der Waals surface area contributed by atoms with Gasteiger partial charge in [0.15, 0.2) is 0 Å². The summed E-state index contributed by atoms with van der Waals surface area (Å²) in [6.45, 7) is 14.6. The number of benzene rings is 2. The number of carbonyl (C=O) groups excluding carboxylic acids is 4. The van der Waals surface area contributed by atoms with Crippen molar-refractivity contribution in [2.24, 2.45) is 0 Å². The summed E-state index contributed by atoms with van der Waals surface area (Å²) in [7, 11) is 0. The Balaban J connectivity index is 1.90. The van der Waals surface area contributed by atoms with Crippen molar-refractivity contribution in [2.45, 2.75) is 73.0 Å². The number of rotatable bonds is 6. The molecule has 10 nitrogen and oxygen atoms in total. The van der Waals surface area contributed by atoms with Gasteiger partial charge in [0, 0.05) is 29.6 Å². The zero-order chi connectivity index (χ0) is 31.7. The monoisotopic (exact) mass is 590 g/mol. The molecule has 4 aromatic rings. The minimum atomic E-state index is -0.733. The molecular weight excluding hydrogens is 552 g/mol. The van der Waals surface area contributed by atoms with E-state index in [2.05, 4.69) is 0 Å². The molecule has 0 aliphatic carbocycles. The first kappa shape index (κ1) is 31.3. The highest BCUT2D eigenvalue weighted by atomic mass is 16.6. The molecular formula is C33H38N2O8. The summed E-state index contributed by atoms with van der Waals surface area (Å²) in [6.07, 6.45) is 2.43. The van der Waals surface area contributed by atoms with Crippen LogP contribution in [0.15, 0.2) is 48.8 Å². The number of esters is 2. The molecule has 2 aromatic carbocycles. The van der Waals surface area contributed by atoms with Crippen LogP contribution in [0.5, 0.6) is 0 Å². The Morgan fingerprint density at radius 1 is 0.628 bits per heavy atom. The standard InChI is InChI=1S/C33H38N2O8/c1-9-40-28(36)20-11-13-26-24(16-20)22(18-34(26)30(38)42-32(3,4)5)15-23-19-35(31(39)43-33(6,7)8)27-14-12-21(17-25(23)27)29(37)41-10-2/h11-14,16-19H,9-10,15H2,1-8H3.